The molecule has 2 aromatic carbocycles. The minimum atomic E-state index is 0.251. The van der Waals surface area contributed by atoms with Crippen LogP contribution in [0.25, 0.3) is 11.1 Å². The highest BCUT2D eigenvalue weighted by Crippen LogP contribution is 2.43. The highest BCUT2D eigenvalue weighted by atomic mass is 16.5. The zero-order valence-electron chi connectivity index (χ0n) is 18.0. The van der Waals surface area contributed by atoms with E-state index < -0.39 is 0 Å². The predicted molar refractivity (Wildman–Crippen MR) is 121 cm³/mol. The summed E-state index contributed by atoms with van der Waals surface area (Å²) in [6.07, 6.45) is 5.36. The molecule has 0 amide bonds. The molecule has 2 saturated heterocycles. The van der Waals surface area contributed by atoms with Crippen LogP contribution in [0, 0.1) is 5.92 Å². The molecule has 0 unspecified atom stereocenters. The van der Waals surface area contributed by atoms with Crippen molar-refractivity contribution in [1.82, 2.24) is 9.80 Å². The molecular formula is C26H34N2O2. The number of hydrogen-bond acceptors (Lipinski definition) is 4. The van der Waals surface area contributed by atoms with Gasteiger partial charge in [-0.15, -0.1) is 0 Å². The van der Waals surface area contributed by atoms with Gasteiger partial charge in [0, 0.05) is 31.1 Å². The number of rotatable bonds is 6. The van der Waals surface area contributed by atoms with Gasteiger partial charge in [0.25, 0.3) is 0 Å². The highest BCUT2D eigenvalue weighted by Gasteiger charge is 2.49. The number of methoxy groups -OCH3 is 1. The predicted octanol–water partition coefficient (Wildman–Crippen LogP) is 4.00. The third-order valence-corrected chi connectivity index (χ3v) is 7.37. The van der Waals surface area contributed by atoms with Crippen LogP contribution in [-0.4, -0.2) is 66.9 Å². The van der Waals surface area contributed by atoms with Crippen LogP contribution in [0.15, 0.2) is 48.5 Å². The third kappa shape index (κ3) is 4.01. The molecule has 2 aliphatic heterocycles. The van der Waals surface area contributed by atoms with Crippen molar-refractivity contribution in [1.29, 1.82) is 0 Å². The molecule has 3 atom stereocenters. The van der Waals surface area contributed by atoms with Crippen LogP contribution in [0.3, 0.4) is 0 Å². The van der Waals surface area contributed by atoms with Crippen LogP contribution in [0.5, 0.6) is 5.75 Å². The maximum atomic E-state index is 10.2. The van der Waals surface area contributed by atoms with Crippen molar-refractivity contribution in [2.75, 3.05) is 39.9 Å². The average molecular weight is 407 g/mol. The molecular weight excluding hydrogens is 372 g/mol. The Morgan fingerprint density at radius 1 is 1.00 bits per heavy atom. The Labute approximate surface area is 180 Å². The molecule has 2 aromatic rings. The first-order chi connectivity index (χ1) is 14.8. The van der Waals surface area contributed by atoms with Gasteiger partial charge in [-0.3, -0.25) is 4.90 Å². The molecule has 30 heavy (non-hydrogen) atoms. The Morgan fingerprint density at radius 3 is 2.53 bits per heavy atom. The molecule has 1 aliphatic carbocycles. The van der Waals surface area contributed by atoms with Gasteiger partial charge in [-0.2, -0.15) is 0 Å². The molecule has 3 aliphatic rings. The van der Waals surface area contributed by atoms with Crippen molar-refractivity contribution < 1.29 is 9.84 Å². The largest absolute Gasteiger partial charge is 0.497 e. The van der Waals surface area contributed by atoms with Gasteiger partial charge in [-0.1, -0.05) is 36.4 Å². The van der Waals surface area contributed by atoms with Crippen molar-refractivity contribution >= 4 is 0 Å². The summed E-state index contributed by atoms with van der Waals surface area (Å²) in [5.41, 5.74) is 3.76. The van der Waals surface area contributed by atoms with Crippen LogP contribution < -0.4 is 4.74 Å². The average Bonchev–Trinajstić information content (AvgIpc) is 3.59. The van der Waals surface area contributed by atoms with Gasteiger partial charge in [0.1, 0.15) is 5.75 Å². The molecule has 4 nitrogen and oxygen atoms in total. The van der Waals surface area contributed by atoms with E-state index in [1.54, 1.807) is 7.11 Å². The topological polar surface area (TPSA) is 35.9 Å². The van der Waals surface area contributed by atoms with Crippen LogP contribution >= 0.6 is 0 Å². The van der Waals surface area contributed by atoms with Crippen LogP contribution in [-0.2, 0) is 0 Å². The van der Waals surface area contributed by atoms with E-state index in [0.717, 1.165) is 24.8 Å². The quantitative estimate of drug-likeness (QED) is 0.787. The number of hydrogen-bond donors (Lipinski definition) is 1. The molecule has 0 radical (unpaired) electrons. The van der Waals surface area contributed by atoms with Crippen LogP contribution in [0.4, 0.5) is 0 Å². The van der Waals surface area contributed by atoms with Gasteiger partial charge in [0.2, 0.25) is 0 Å². The zero-order valence-corrected chi connectivity index (χ0v) is 18.0. The number of aliphatic hydroxyl groups excluding tert-OH is 1. The summed E-state index contributed by atoms with van der Waals surface area (Å²) in [5.74, 6) is 2.25. The van der Waals surface area contributed by atoms with Crippen LogP contribution in [0.1, 0.15) is 37.2 Å². The van der Waals surface area contributed by atoms with Gasteiger partial charge in [0.15, 0.2) is 0 Å². The Hall–Kier alpha value is -1.88. The maximum absolute atomic E-state index is 10.2. The number of benzene rings is 2. The molecule has 0 spiro atoms. The summed E-state index contributed by atoms with van der Waals surface area (Å²) >= 11 is 0. The summed E-state index contributed by atoms with van der Waals surface area (Å²) in [5, 5.41) is 10.2. The highest BCUT2D eigenvalue weighted by molar-refractivity contribution is 5.65. The van der Waals surface area contributed by atoms with Gasteiger partial charge >= 0.3 is 0 Å². The number of nitrogens with zero attached hydrogens (tertiary/aromatic N) is 2. The molecule has 2 heterocycles. The second-order valence-electron chi connectivity index (χ2n) is 9.34. The molecule has 4 heteroatoms. The number of fused-ring (bicyclic) bond motifs is 1. The molecule has 0 aromatic heterocycles. The van der Waals surface area contributed by atoms with Gasteiger partial charge in [-0.25, -0.2) is 0 Å². The third-order valence-electron chi connectivity index (χ3n) is 7.37. The maximum Gasteiger partial charge on any atom is 0.119 e. The van der Waals surface area contributed by atoms with E-state index in [0.29, 0.717) is 12.0 Å². The van der Waals surface area contributed by atoms with Gasteiger partial charge in [0.05, 0.1) is 13.7 Å². The molecule has 0 bridgehead atoms. The van der Waals surface area contributed by atoms with E-state index in [1.807, 2.05) is 12.1 Å². The lowest BCUT2D eigenvalue weighted by Crippen LogP contribution is -2.67. The van der Waals surface area contributed by atoms with Crippen LogP contribution in [0.2, 0.25) is 0 Å². The molecule has 5 rings (SSSR count). The first kappa shape index (κ1) is 20.0. The Balaban J connectivity index is 1.35. The zero-order chi connectivity index (χ0) is 20.5. The Bertz CT molecular complexity index is 848. The summed E-state index contributed by atoms with van der Waals surface area (Å²) in [4.78, 5) is 5.29. The fraction of sp³-hybridized carbons (Fsp3) is 0.538. The molecule has 3 fully saturated rings. The van der Waals surface area contributed by atoms with Crippen molar-refractivity contribution in [3.8, 4) is 16.9 Å². The van der Waals surface area contributed by atoms with Crippen molar-refractivity contribution in [3.63, 3.8) is 0 Å². The first-order valence-corrected chi connectivity index (χ1v) is 11.6. The second kappa shape index (κ2) is 8.70. The molecule has 1 saturated carbocycles. The summed E-state index contributed by atoms with van der Waals surface area (Å²) in [6, 6.07) is 18.0. The van der Waals surface area contributed by atoms with Crippen molar-refractivity contribution in [3.05, 3.63) is 54.1 Å². The minimum absolute atomic E-state index is 0.251. The van der Waals surface area contributed by atoms with Gasteiger partial charge < -0.3 is 14.7 Å². The number of aliphatic hydroxyl groups is 1. The SMILES string of the molecule is COc1cccc(-c2ccc([C@@H]3[C@@H](CO)N4CCCCN(CC5CC5)C[C@@H]34)cc2)c1. The fourth-order valence-electron chi connectivity index (χ4n) is 5.54. The Morgan fingerprint density at radius 2 is 1.80 bits per heavy atom. The lowest BCUT2D eigenvalue weighted by molar-refractivity contribution is -0.0649. The number of ether oxygens (including phenoxy) is 1. The van der Waals surface area contributed by atoms with E-state index in [-0.39, 0.29) is 12.6 Å². The normalized spacial score (nSPS) is 27.6. The van der Waals surface area contributed by atoms with E-state index in [4.69, 9.17) is 4.74 Å². The molecule has 160 valence electrons. The lowest BCUT2D eigenvalue weighted by atomic mass is 9.74. The van der Waals surface area contributed by atoms with E-state index in [2.05, 4.69) is 46.2 Å². The summed E-state index contributed by atoms with van der Waals surface area (Å²) in [6.45, 7) is 5.05. The standard InChI is InChI=1S/C26H34N2O2/c1-30-23-6-4-5-22(15-23)20-9-11-21(12-10-20)26-24-17-27(16-19-7-8-19)13-2-3-14-28(24)25(26)18-29/h4-6,9-12,15,19,24-26,29H,2-3,7-8,13-14,16-18H2,1H3/t24-,25+,26-/m0/s1. The van der Waals surface area contributed by atoms with Gasteiger partial charge in [-0.05, 0) is 73.5 Å². The summed E-state index contributed by atoms with van der Waals surface area (Å²) < 4.78 is 5.38. The monoisotopic (exact) mass is 406 g/mol. The first-order valence-electron chi connectivity index (χ1n) is 11.6. The minimum Gasteiger partial charge on any atom is -0.497 e. The Kier molecular flexibility index (Phi) is 5.81. The molecule has 1 N–H and O–H groups in total. The fourth-order valence-corrected chi connectivity index (χ4v) is 5.54. The smallest absolute Gasteiger partial charge is 0.119 e. The second-order valence-corrected chi connectivity index (χ2v) is 9.34. The van der Waals surface area contributed by atoms with E-state index >= 15 is 0 Å². The van der Waals surface area contributed by atoms with Crippen molar-refractivity contribution in [2.24, 2.45) is 5.92 Å². The van der Waals surface area contributed by atoms with Crippen molar-refractivity contribution in [2.45, 2.75) is 43.7 Å². The lowest BCUT2D eigenvalue weighted by Gasteiger charge is -2.57. The van der Waals surface area contributed by atoms with E-state index in [9.17, 15) is 5.11 Å². The van der Waals surface area contributed by atoms with E-state index in [1.165, 1.54) is 55.5 Å². The summed E-state index contributed by atoms with van der Waals surface area (Å²) in [7, 11) is 1.71.